The molecule has 0 saturated carbocycles. The van der Waals surface area contributed by atoms with Crippen LogP contribution in [-0.4, -0.2) is 42.3 Å². The second kappa shape index (κ2) is 7.92. The minimum Gasteiger partial charge on any atom is -0.480 e. The molecule has 0 aliphatic rings. The fraction of sp³-hybridized carbons (Fsp3) is 0.389. The topological polar surface area (TPSA) is 49.8 Å². The highest BCUT2D eigenvalue weighted by atomic mass is 16.5. The van der Waals surface area contributed by atoms with Crippen molar-refractivity contribution in [2.75, 3.05) is 20.3 Å². The van der Waals surface area contributed by atoms with Crippen molar-refractivity contribution in [1.29, 1.82) is 0 Å². The Morgan fingerprint density at radius 2 is 1.95 bits per heavy atom. The normalized spacial score (nSPS) is 12.7. The first-order valence-corrected chi connectivity index (χ1v) is 7.59. The molecule has 4 heteroatoms. The zero-order valence-corrected chi connectivity index (χ0v) is 13.2. The summed E-state index contributed by atoms with van der Waals surface area (Å²) in [5, 5.41) is 11.8. The molecule has 0 amide bonds. The smallest absolute Gasteiger partial charge is 0.323 e. The van der Waals surface area contributed by atoms with Gasteiger partial charge in [-0.2, -0.15) is 0 Å². The van der Waals surface area contributed by atoms with E-state index in [0.717, 1.165) is 18.5 Å². The number of methoxy groups -OCH3 is 1. The van der Waals surface area contributed by atoms with Crippen molar-refractivity contribution >= 4 is 16.7 Å². The third-order valence-corrected chi connectivity index (χ3v) is 3.81. The summed E-state index contributed by atoms with van der Waals surface area (Å²) in [5.41, 5.74) is 1.15. The molecule has 0 aromatic heterocycles. The summed E-state index contributed by atoms with van der Waals surface area (Å²) in [6, 6.07) is 13.7. The van der Waals surface area contributed by atoms with Gasteiger partial charge in [0.25, 0.3) is 0 Å². The van der Waals surface area contributed by atoms with Crippen LogP contribution in [0.3, 0.4) is 0 Å². The lowest BCUT2D eigenvalue weighted by Crippen LogP contribution is -2.44. The van der Waals surface area contributed by atoms with E-state index < -0.39 is 12.0 Å². The fourth-order valence-electron chi connectivity index (χ4n) is 2.77. The number of hydrogen-bond donors (Lipinski definition) is 1. The number of carboxylic acid groups (broad SMARTS) is 1. The maximum Gasteiger partial charge on any atom is 0.323 e. The number of benzene rings is 2. The van der Waals surface area contributed by atoms with Crippen molar-refractivity contribution in [3.05, 3.63) is 48.0 Å². The number of carbonyl (C=O) groups is 1. The fourth-order valence-corrected chi connectivity index (χ4v) is 2.77. The maximum atomic E-state index is 11.5. The van der Waals surface area contributed by atoms with Crippen LogP contribution in [0.1, 0.15) is 18.9 Å². The van der Waals surface area contributed by atoms with Crippen molar-refractivity contribution in [2.45, 2.75) is 25.9 Å². The number of ether oxygens (including phenoxy) is 1. The first-order valence-electron chi connectivity index (χ1n) is 7.59. The van der Waals surface area contributed by atoms with Crippen molar-refractivity contribution in [3.63, 3.8) is 0 Å². The summed E-state index contributed by atoms with van der Waals surface area (Å²) in [6.07, 6.45) is 0.901. The van der Waals surface area contributed by atoms with Gasteiger partial charge in [0, 0.05) is 13.7 Å². The van der Waals surface area contributed by atoms with Crippen LogP contribution < -0.4 is 0 Å². The highest BCUT2D eigenvalue weighted by Crippen LogP contribution is 2.21. The van der Waals surface area contributed by atoms with Crippen LogP contribution >= 0.6 is 0 Å². The molecule has 1 N–H and O–H groups in total. The number of fused-ring (bicyclic) bond motifs is 1. The molecule has 0 bridgehead atoms. The van der Waals surface area contributed by atoms with Crippen LogP contribution in [0, 0.1) is 0 Å². The molecule has 0 saturated heterocycles. The lowest BCUT2D eigenvalue weighted by atomic mass is 10.0. The highest BCUT2D eigenvalue weighted by molar-refractivity contribution is 5.85. The van der Waals surface area contributed by atoms with E-state index in [-0.39, 0.29) is 6.61 Å². The second-order valence-corrected chi connectivity index (χ2v) is 5.42. The second-order valence-electron chi connectivity index (χ2n) is 5.42. The molecule has 1 atom stereocenters. The minimum absolute atomic E-state index is 0.195. The van der Waals surface area contributed by atoms with E-state index >= 15 is 0 Å². The maximum absolute atomic E-state index is 11.5. The molecule has 0 spiro atoms. The summed E-state index contributed by atoms with van der Waals surface area (Å²) < 4.78 is 5.10. The van der Waals surface area contributed by atoms with Gasteiger partial charge >= 0.3 is 5.97 Å². The first kappa shape index (κ1) is 16.5. The number of nitrogens with zero attached hydrogens (tertiary/aromatic N) is 1. The van der Waals surface area contributed by atoms with Gasteiger partial charge < -0.3 is 9.84 Å². The Balaban J connectivity index is 2.31. The average Bonchev–Trinajstić information content (AvgIpc) is 2.52. The molecule has 0 aliphatic carbocycles. The Morgan fingerprint density at radius 3 is 2.64 bits per heavy atom. The molecule has 118 valence electrons. The van der Waals surface area contributed by atoms with Crippen LogP contribution in [-0.2, 0) is 16.1 Å². The van der Waals surface area contributed by atoms with Crippen LogP contribution in [0.15, 0.2) is 42.5 Å². The standard InChI is InChI=1S/C18H23NO3/c1-3-11-19(17(13-22-2)18(20)21)12-15-9-6-8-14-7-4-5-10-16(14)15/h4-10,17H,3,11-13H2,1-2H3,(H,20,21). The van der Waals surface area contributed by atoms with Gasteiger partial charge in [0.2, 0.25) is 0 Å². The molecule has 22 heavy (non-hydrogen) atoms. The zero-order valence-electron chi connectivity index (χ0n) is 13.2. The Morgan fingerprint density at radius 1 is 1.23 bits per heavy atom. The van der Waals surface area contributed by atoms with E-state index in [1.807, 2.05) is 23.1 Å². The molecule has 0 heterocycles. The predicted octanol–water partition coefficient (Wildman–Crippen LogP) is 3.15. The van der Waals surface area contributed by atoms with Crippen LogP contribution in [0.4, 0.5) is 0 Å². The number of hydrogen-bond acceptors (Lipinski definition) is 3. The van der Waals surface area contributed by atoms with Crippen LogP contribution in [0.25, 0.3) is 10.8 Å². The van der Waals surface area contributed by atoms with E-state index in [4.69, 9.17) is 4.74 Å². The van der Waals surface area contributed by atoms with Gasteiger partial charge in [0.1, 0.15) is 6.04 Å². The van der Waals surface area contributed by atoms with Gasteiger partial charge in [-0.3, -0.25) is 9.69 Å². The van der Waals surface area contributed by atoms with Crippen LogP contribution in [0.2, 0.25) is 0 Å². The molecule has 2 aromatic carbocycles. The molecular weight excluding hydrogens is 278 g/mol. The predicted molar refractivity (Wildman–Crippen MR) is 87.9 cm³/mol. The summed E-state index contributed by atoms with van der Waals surface area (Å²) in [6.45, 7) is 3.58. The largest absolute Gasteiger partial charge is 0.480 e. The number of rotatable bonds is 8. The van der Waals surface area contributed by atoms with E-state index in [0.29, 0.717) is 6.54 Å². The van der Waals surface area contributed by atoms with Gasteiger partial charge in [-0.15, -0.1) is 0 Å². The Labute approximate surface area is 131 Å². The third kappa shape index (κ3) is 3.84. The summed E-state index contributed by atoms with van der Waals surface area (Å²) in [5.74, 6) is -0.837. The van der Waals surface area contributed by atoms with Crippen molar-refractivity contribution in [2.24, 2.45) is 0 Å². The molecule has 2 aromatic rings. The lowest BCUT2D eigenvalue weighted by Gasteiger charge is -2.28. The molecule has 1 unspecified atom stereocenters. The van der Waals surface area contributed by atoms with Crippen molar-refractivity contribution < 1.29 is 14.6 Å². The summed E-state index contributed by atoms with van der Waals surface area (Å²) >= 11 is 0. The Kier molecular flexibility index (Phi) is 5.92. The summed E-state index contributed by atoms with van der Waals surface area (Å²) in [7, 11) is 1.54. The summed E-state index contributed by atoms with van der Waals surface area (Å²) in [4.78, 5) is 13.5. The quantitative estimate of drug-likeness (QED) is 0.813. The van der Waals surface area contributed by atoms with Gasteiger partial charge in [0.05, 0.1) is 6.61 Å². The molecule has 0 aliphatic heterocycles. The van der Waals surface area contributed by atoms with Crippen molar-refractivity contribution in [3.8, 4) is 0 Å². The Bertz CT molecular complexity index is 621. The third-order valence-electron chi connectivity index (χ3n) is 3.81. The van der Waals surface area contributed by atoms with E-state index in [9.17, 15) is 9.90 Å². The first-order chi connectivity index (χ1) is 10.7. The highest BCUT2D eigenvalue weighted by Gasteiger charge is 2.25. The molecule has 2 rings (SSSR count). The number of carboxylic acids is 1. The molecule has 0 radical (unpaired) electrons. The van der Waals surface area contributed by atoms with Crippen LogP contribution in [0.5, 0.6) is 0 Å². The van der Waals surface area contributed by atoms with Gasteiger partial charge in [-0.05, 0) is 29.3 Å². The average molecular weight is 301 g/mol. The van der Waals surface area contributed by atoms with E-state index in [2.05, 4.69) is 31.2 Å². The minimum atomic E-state index is -0.837. The van der Waals surface area contributed by atoms with E-state index in [1.54, 1.807) is 0 Å². The molecule has 4 nitrogen and oxygen atoms in total. The van der Waals surface area contributed by atoms with Gasteiger partial charge in [-0.25, -0.2) is 0 Å². The Hall–Kier alpha value is -1.91. The van der Waals surface area contributed by atoms with Gasteiger partial charge in [0.15, 0.2) is 0 Å². The monoisotopic (exact) mass is 301 g/mol. The van der Waals surface area contributed by atoms with Gasteiger partial charge in [-0.1, -0.05) is 49.4 Å². The van der Waals surface area contributed by atoms with E-state index in [1.165, 1.54) is 17.9 Å². The SMILES string of the molecule is CCCN(Cc1cccc2ccccc12)C(COC)C(=O)O. The lowest BCUT2D eigenvalue weighted by molar-refractivity contribution is -0.145. The van der Waals surface area contributed by atoms with Crippen molar-refractivity contribution in [1.82, 2.24) is 4.90 Å². The molecule has 0 fully saturated rings. The zero-order chi connectivity index (χ0) is 15.9. The molecular formula is C18H23NO3. The number of aliphatic carboxylic acids is 1.